The number of benzene rings is 6. The molecule has 0 fully saturated rings. The Morgan fingerprint density at radius 3 is 1.88 bits per heavy atom. The molecular weight excluding hydrogens is 601 g/mol. The van der Waals surface area contributed by atoms with E-state index in [1.165, 1.54) is 15.6 Å². The van der Waals surface area contributed by atoms with Crippen molar-refractivity contribution in [1.29, 1.82) is 5.26 Å². The number of furan rings is 1. The first-order valence-electron chi connectivity index (χ1n) is 16.2. The molecule has 0 radical (unpaired) electrons. The monoisotopic (exact) mass is 632 g/mol. The van der Waals surface area contributed by atoms with Gasteiger partial charge in [0.2, 0.25) is 0 Å². The zero-order chi connectivity index (χ0) is 32.7. The van der Waals surface area contributed by atoms with Gasteiger partial charge in [0.15, 0.2) is 8.07 Å². The van der Waals surface area contributed by atoms with Gasteiger partial charge in [-0.2, -0.15) is 5.26 Å². The van der Waals surface area contributed by atoms with E-state index in [9.17, 15) is 5.26 Å². The van der Waals surface area contributed by atoms with Crippen molar-refractivity contribution >= 4 is 73.8 Å². The maximum absolute atomic E-state index is 9.92. The van der Waals surface area contributed by atoms with E-state index in [0.29, 0.717) is 5.56 Å². The average molecular weight is 633 g/mol. The fourth-order valence-electron chi connectivity index (χ4n) is 7.47. The second-order valence-electron chi connectivity index (χ2n) is 12.0. The third-order valence-electron chi connectivity index (χ3n) is 9.45. The Morgan fingerprint density at radius 1 is 0.688 bits per heavy atom. The third-order valence-corrected chi connectivity index (χ3v) is 14.2. The van der Waals surface area contributed by atoms with Crippen molar-refractivity contribution < 1.29 is 4.42 Å². The van der Waals surface area contributed by atoms with E-state index in [2.05, 4.69) is 164 Å². The Morgan fingerprint density at radius 2 is 1.29 bits per heavy atom. The number of hydrogen-bond donors (Lipinski definition) is 0. The number of para-hydroxylation sites is 1. The highest BCUT2D eigenvalue weighted by Gasteiger charge is 2.44. The van der Waals surface area contributed by atoms with Crippen LogP contribution in [0.1, 0.15) is 23.7 Å². The Hall–Kier alpha value is -6.15. The lowest BCUT2D eigenvalue weighted by Crippen LogP contribution is -2.74. The van der Waals surface area contributed by atoms with Crippen LogP contribution in [0.4, 0.5) is 0 Å². The summed E-state index contributed by atoms with van der Waals surface area (Å²) >= 11 is 0. The second-order valence-corrected chi connectivity index (χ2v) is 15.8. The van der Waals surface area contributed by atoms with Crippen LogP contribution in [0.25, 0.3) is 50.7 Å². The first-order valence-corrected chi connectivity index (χ1v) is 18.2. The lowest BCUT2D eigenvalue weighted by atomic mass is 10.1. The zero-order valence-corrected chi connectivity index (χ0v) is 27.6. The minimum atomic E-state index is -3.03. The Labute approximate surface area is 281 Å². The van der Waals surface area contributed by atoms with E-state index in [1.807, 2.05) is 24.3 Å². The number of hydrogen-bond acceptors (Lipinski definition) is 2. The average Bonchev–Trinajstić information content (AvgIpc) is 3.68. The molecule has 0 aliphatic rings. The van der Waals surface area contributed by atoms with Crippen LogP contribution in [0.5, 0.6) is 0 Å². The molecule has 3 nitrogen and oxygen atoms in total. The molecule has 0 saturated carbocycles. The van der Waals surface area contributed by atoms with E-state index in [4.69, 9.17) is 4.42 Å². The largest absolute Gasteiger partial charge is 0.456 e. The standard InChI is InChI=1S/C44H32N2OSi/c1-3-16-40-36(4-2)37-23-14-15-24-41(37)46(40)32-28-39-38-27-31(30-45)25-26-42(38)47-44(39)43(29-32)48(33-17-8-5-9-18-33,34-19-10-6-11-20-34)35-21-12-7-13-22-35/h3-29H,2H2,1H3/b16-3-. The molecule has 8 rings (SSSR count). The third kappa shape index (κ3) is 4.40. The molecule has 2 aromatic heterocycles. The van der Waals surface area contributed by atoms with Gasteiger partial charge in [-0.25, -0.2) is 0 Å². The molecule has 8 aromatic rings. The lowest BCUT2D eigenvalue weighted by Gasteiger charge is -2.34. The molecule has 0 N–H and O–H groups in total. The maximum atomic E-state index is 9.92. The van der Waals surface area contributed by atoms with Gasteiger partial charge in [-0.05, 0) is 70.1 Å². The molecule has 48 heavy (non-hydrogen) atoms. The first-order chi connectivity index (χ1) is 23.7. The zero-order valence-electron chi connectivity index (χ0n) is 26.6. The summed E-state index contributed by atoms with van der Waals surface area (Å²) < 4.78 is 9.27. The minimum absolute atomic E-state index is 0.602. The summed E-state index contributed by atoms with van der Waals surface area (Å²) in [5.74, 6) is 0. The van der Waals surface area contributed by atoms with Crippen molar-refractivity contribution in [3.05, 3.63) is 175 Å². The Kier molecular flexibility index (Phi) is 7.25. The van der Waals surface area contributed by atoms with Crippen LogP contribution in [0.15, 0.2) is 163 Å². The van der Waals surface area contributed by atoms with Gasteiger partial charge in [-0.1, -0.05) is 128 Å². The van der Waals surface area contributed by atoms with Crippen LogP contribution >= 0.6 is 0 Å². The van der Waals surface area contributed by atoms with Crippen LogP contribution in [-0.4, -0.2) is 12.6 Å². The van der Waals surface area contributed by atoms with E-state index in [0.717, 1.165) is 55.0 Å². The smallest absolute Gasteiger partial charge is 0.184 e. The summed E-state index contributed by atoms with van der Waals surface area (Å²) in [4.78, 5) is 0. The van der Waals surface area contributed by atoms with Crippen LogP contribution in [0.3, 0.4) is 0 Å². The van der Waals surface area contributed by atoms with Gasteiger partial charge in [-0.15, -0.1) is 0 Å². The molecule has 0 aliphatic heterocycles. The first kappa shape index (κ1) is 29.3. The Bertz CT molecular complexity index is 2440. The van der Waals surface area contributed by atoms with Crippen molar-refractivity contribution in [3.63, 3.8) is 0 Å². The van der Waals surface area contributed by atoms with E-state index in [1.54, 1.807) is 0 Å². The van der Waals surface area contributed by atoms with E-state index >= 15 is 0 Å². The van der Waals surface area contributed by atoms with Crippen molar-refractivity contribution in [1.82, 2.24) is 4.57 Å². The Balaban J connectivity index is 1.63. The number of rotatable bonds is 7. The number of fused-ring (bicyclic) bond motifs is 4. The number of aromatic nitrogens is 1. The normalized spacial score (nSPS) is 11.8. The molecule has 0 atom stereocenters. The molecule has 0 spiro atoms. The number of nitrogens with zero attached hydrogens (tertiary/aromatic N) is 2. The van der Waals surface area contributed by atoms with Crippen molar-refractivity contribution in [2.45, 2.75) is 6.92 Å². The van der Waals surface area contributed by atoms with Crippen LogP contribution < -0.4 is 20.7 Å². The molecule has 0 unspecified atom stereocenters. The van der Waals surface area contributed by atoms with Crippen LogP contribution in [0, 0.1) is 11.3 Å². The fraction of sp³-hybridized carbons (Fsp3) is 0.0227. The summed E-state index contributed by atoms with van der Waals surface area (Å²) in [5, 5.41) is 17.9. The molecule has 2 heterocycles. The highest BCUT2D eigenvalue weighted by atomic mass is 28.3. The molecule has 0 saturated heterocycles. The van der Waals surface area contributed by atoms with Crippen LogP contribution in [-0.2, 0) is 0 Å². The predicted octanol–water partition coefficient (Wildman–Crippen LogP) is 8.46. The number of nitriles is 1. The van der Waals surface area contributed by atoms with Gasteiger partial charge >= 0.3 is 0 Å². The highest BCUT2D eigenvalue weighted by molar-refractivity contribution is 7.20. The van der Waals surface area contributed by atoms with Crippen LogP contribution in [0.2, 0.25) is 0 Å². The minimum Gasteiger partial charge on any atom is -0.456 e. The predicted molar refractivity (Wildman–Crippen MR) is 204 cm³/mol. The summed E-state index contributed by atoms with van der Waals surface area (Å²) in [6, 6.07) is 53.9. The summed E-state index contributed by atoms with van der Waals surface area (Å²) in [6.07, 6.45) is 6.20. The van der Waals surface area contributed by atoms with Crippen molar-refractivity contribution in [2.75, 3.05) is 0 Å². The molecule has 228 valence electrons. The van der Waals surface area contributed by atoms with E-state index < -0.39 is 8.07 Å². The molecule has 4 heteroatoms. The van der Waals surface area contributed by atoms with Crippen molar-refractivity contribution in [2.24, 2.45) is 0 Å². The topological polar surface area (TPSA) is 41.9 Å². The molecule has 6 aromatic carbocycles. The van der Waals surface area contributed by atoms with Gasteiger partial charge < -0.3 is 8.98 Å². The van der Waals surface area contributed by atoms with E-state index in [-0.39, 0.29) is 0 Å². The highest BCUT2D eigenvalue weighted by Crippen LogP contribution is 2.36. The summed E-state index contributed by atoms with van der Waals surface area (Å²) in [5.41, 5.74) is 6.49. The quantitative estimate of drug-likeness (QED) is 0.131. The fourth-order valence-corrected chi connectivity index (χ4v) is 12.4. The maximum Gasteiger partial charge on any atom is 0.184 e. The summed E-state index contributed by atoms with van der Waals surface area (Å²) in [6.45, 7) is 6.27. The second kappa shape index (κ2) is 11.9. The van der Waals surface area contributed by atoms with Gasteiger partial charge in [0.25, 0.3) is 0 Å². The van der Waals surface area contributed by atoms with Crippen molar-refractivity contribution in [3.8, 4) is 11.8 Å². The summed E-state index contributed by atoms with van der Waals surface area (Å²) in [7, 11) is -3.03. The van der Waals surface area contributed by atoms with Gasteiger partial charge in [0.1, 0.15) is 11.2 Å². The van der Waals surface area contributed by atoms with Gasteiger partial charge in [0.05, 0.1) is 22.8 Å². The van der Waals surface area contributed by atoms with Gasteiger partial charge in [0, 0.05) is 27.4 Å². The lowest BCUT2D eigenvalue weighted by molar-refractivity contribution is 0.671. The molecule has 0 aliphatic carbocycles. The molecule has 0 amide bonds. The molecular formula is C44H32N2OSi. The molecule has 0 bridgehead atoms. The SMILES string of the molecule is C=Cc1c(/C=C\C)n(-c2cc([Si](c3ccccc3)(c3ccccc3)c3ccccc3)c3oc4ccc(C#N)cc4c3c2)c2ccccc12. The van der Waals surface area contributed by atoms with Gasteiger partial charge in [-0.3, -0.25) is 0 Å². The number of allylic oxidation sites excluding steroid dienone is 1.